The Labute approximate surface area is 138 Å². The van der Waals surface area contributed by atoms with Crippen LogP contribution in [0.1, 0.15) is 19.5 Å². The Bertz CT molecular complexity index is 515. The highest BCUT2D eigenvalue weighted by Crippen LogP contribution is 2.19. The molecule has 1 saturated heterocycles. The number of hydrogen-bond donors (Lipinski definition) is 1. The number of nitrogens with zero attached hydrogens (tertiary/aromatic N) is 4. The quantitative estimate of drug-likeness (QED) is 0.893. The van der Waals surface area contributed by atoms with E-state index in [1.165, 1.54) is 0 Å². The third-order valence-electron chi connectivity index (χ3n) is 4.12. The number of hydrogen-bond acceptors (Lipinski definition) is 4. The van der Waals surface area contributed by atoms with Gasteiger partial charge in [0, 0.05) is 52.0 Å². The molecule has 2 heterocycles. The van der Waals surface area contributed by atoms with Gasteiger partial charge in [0.25, 0.3) is 0 Å². The van der Waals surface area contributed by atoms with Gasteiger partial charge in [0.05, 0.1) is 13.2 Å². The molecule has 1 fully saturated rings. The molecule has 0 bridgehead atoms. The van der Waals surface area contributed by atoms with Crippen molar-refractivity contribution in [3.8, 4) is 0 Å². The van der Waals surface area contributed by atoms with Crippen LogP contribution in [0.15, 0.2) is 6.07 Å². The van der Waals surface area contributed by atoms with Crippen LogP contribution in [0.3, 0.4) is 0 Å². The average molecular weight is 323 g/mol. The Kier molecular flexibility index (Phi) is 5.64. The Morgan fingerprint density at radius 2 is 2.09 bits per heavy atom. The summed E-state index contributed by atoms with van der Waals surface area (Å²) in [5, 5.41) is 7.11. The zero-order valence-corrected chi connectivity index (χ0v) is 14.9. The fourth-order valence-corrected chi connectivity index (χ4v) is 2.96. The highest BCUT2D eigenvalue weighted by molar-refractivity contribution is 5.88. The van der Waals surface area contributed by atoms with Crippen LogP contribution in [0.4, 0.5) is 10.6 Å². The van der Waals surface area contributed by atoms with Crippen LogP contribution in [0.5, 0.6) is 0 Å². The molecule has 0 spiro atoms. The fraction of sp³-hybridized carbons (Fsp3) is 0.750. The van der Waals surface area contributed by atoms with E-state index in [4.69, 9.17) is 4.74 Å². The van der Waals surface area contributed by atoms with Gasteiger partial charge in [0.15, 0.2) is 5.82 Å². The van der Waals surface area contributed by atoms with Crippen molar-refractivity contribution in [3.05, 3.63) is 11.8 Å². The Hall–Kier alpha value is -1.60. The summed E-state index contributed by atoms with van der Waals surface area (Å²) >= 11 is 0. The van der Waals surface area contributed by atoms with Crippen LogP contribution in [0, 0.1) is 12.3 Å². The maximum atomic E-state index is 12.3. The van der Waals surface area contributed by atoms with Crippen LogP contribution in [0.25, 0.3) is 0 Å². The first-order valence-electron chi connectivity index (χ1n) is 8.10. The van der Waals surface area contributed by atoms with E-state index in [-0.39, 0.29) is 11.4 Å². The normalized spacial score (nSPS) is 16.4. The van der Waals surface area contributed by atoms with Crippen molar-refractivity contribution in [2.75, 3.05) is 51.8 Å². The smallest absolute Gasteiger partial charge is 0.322 e. The van der Waals surface area contributed by atoms with E-state index < -0.39 is 0 Å². The second kappa shape index (κ2) is 7.31. The van der Waals surface area contributed by atoms with Gasteiger partial charge in [-0.2, -0.15) is 5.10 Å². The van der Waals surface area contributed by atoms with Gasteiger partial charge >= 0.3 is 6.03 Å². The van der Waals surface area contributed by atoms with Crippen molar-refractivity contribution in [3.63, 3.8) is 0 Å². The summed E-state index contributed by atoms with van der Waals surface area (Å²) in [4.78, 5) is 16.5. The molecule has 0 aromatic carbocycles. The number of rotatable bonds is 5. The van der Waals surface area contributed by atoms with E-state index in [2.05, 4.69) is 29.2 Å². The van der Waals surface area contributed by atoms with Gasteiger partial charge in [0.2, 0.25) is 0 Å². The van der Waals surface area contributed by atoms with Gasteiger partial charge in [-0.15, -0.1) is 0 Å². The number of urea groups is 1. The monoisotopic (exact) mass is 323 g/mol. The molecule has 7 nitrogen and oxygen atoms in total. The van der Waals surface area contributed by atoms with Gasteiger partial charge < -0.3 is 9.64 Å². The SMILES string of the molecule is Cc1cc(NC(=O)N(C)CC(C)(C)CN2CCOCC2)nn1C. The maximum absolute atomic E-state index is 12.3. The van der Waals surface area contributed by atoms with E-state index in [0.29, 0.717) is 12.4 Å². The molecule has 1 aromatic rings. The van der Waals surface area contributed by atoms with Gasteiger partial charge in [-0.1, -0.05) is 13.8 Å². The molecular formula is C16H29N5O2. The van der Waals surface area contributed by atoms with Crippen molar-refractivity contribution in [1.82, 2.24) is 19.6 Å². The largest absolute Gasteiger partial charge is 0.379 e. The third-order valence-corrected chi connectivity index (χ3v) is 4.12. The van der Waals surface area contributed by atoms with Gasteiger partial charge in [-0.3, -0.25) is 14.9 Å². The molecule has 1 aliphatic heterocycles. The van der Waals surface area contributed by atoms with Crippen LogP contribution in [-0.2, 0) is 11.8 Å². The summed E-state index contributed by atoms with van der Waals surface area (Å²) in [6.07, 6.45) is 0. The second-order valence-electron chi connectivity index (χ2n) is 7.13. The van der Waals surface area contributed by atoms with Crippen molar-refractivity contribution < 1.29 is 9.53 Å². The predicted octanol–water partition coefficient (Wildman–Crippen LogP) is 1.55. The van der Waals surface area contributed by atoms with E-state index >= 15 is 0 Å². The molecule has 130 valence electrons. The standard InChI is InChI=1S/C16H29N5O2/c1-13-10-14(18-20(13)5)17-15(22)19(4)11-16(2,3)12-21-6-8-23-9-7-21/h10H,6-9,11-12H2,1-5H3,(H,17,18,22). The number of carbonyl (C=O) groups excluding carboxylic acids is 1. The zero-order chi connectivity index (χ0) is 17.0. The first-order chi connectivity index (χ1) is 10.8. The molecule has 0 aliphatic carbocycles. The minimum atomic E-state index is -0.127. The molecular weight excluding hydrogens is 294 g/mol. The van der Waals surface area contributed by atoms with Crippen molar-refractivity contribution in [2.45, 2.75) is 20.8 Å². The minimum absolute atomic E-state index is 0.0173. The van der Waals surface area contributed by atoms with Crippen molar-refractivity contribution in [1.29, 1.82) is 0 Å². The second-order valence-corrected chi connectivity index (χ2v) is 7.13. The lowest BCUT2D eigenvalue weighted by Crippen LogP contribution is -2.47. The Morgan fingerprint density at radius 3 is 2.65 bits per heavy atom. The summed E-state index contributed by atoms with van der Waals surface area (Å²) < 4.78 is 7.13. The van der Waals surface area contributed by atoms with Crippen molar-refractivity contribution in [2.24, 2.45) is 12.5 Å². The van der Waals surface area contributed by atoms with E-state index in [1.807, 2.05) is 27.1 Å². The number of morpholine rings is 1. The summed E-state index contributed by atoms with van der Waals surface area (Å²) in [6.45, 7) is 11.5. The first kappa shape index (κ1) is 17.7. The van der Waals surface area contributed by atoms with E-state index in [0.717, 1.165) is 38.5 Å². The number of aromatic nitrogens is 2. The van der Waals surface area contributed by atoms with E-state index in [1.54, 1.807) is 9.58 Å². The van der Waals surface area contributed by atoms with Crippen LogP contribution < -0.4 is 5.32 Å². The predicted molar refractivity (Wildman–Crippen MR) is 90.6 cm³/mol. The zero-order valence-electron chi connectivity index (χ0n) is 14.9. The van der Waals surface area contributed by atoms with Gasteiger partial charge in [0.1, 0.15) is 0 Å². The molecule has 0 radical (unpaired) electrons. The van der Waals surface area contributed by atoms with Crippen LogP contribution >= 0.6 is 0 Å². The van der Waals surface area contributed by atoms with Gasteiger partial charge in [-0.25, -0.2) is 4.79 Å². The molecule has 1 aromatic heterocycles. The molecule has 0 atom stereocenters. The van der Waals surface area contributed by atoms with Crippen LogP contribution in [0.2, 0.25) is 0 Å². The summed E-state index contributed by atoms with van der Waals surface area (Å²) in [7, 11) is 3.69. The lowest BCUT2D eigenvalue weighted by atomic mass is 9.92. The average Bonchev–Trinajstić information content (AvgIpc) is 2.77. The summed E-state index contributed by atoms with van der Waals surface area (Å²) in [6, 6.07) is 1.74. The third kappa shape index (κ3) is 5.21. The van der Waals surface area contributed by atoms with Crippen molar-refractivity contribution >= 4 is 11.8 Å². The number of amides is 2. The highest BCUT2D eigenvalue weighted by Gasteiger charge is 2.26. The van der Waals surface area contributed by atoms with E-state index in [9.17, 15) is 4.79 Å². The molecule has 0 unspecified atom stereocenters. The Morgan fingerprint density at radius 1 is 1.43 bits per heavy atom. The number of anilines is 1. The molecule has 7 heteroatoms. The Balaban J connectivity index is 1.85. The maximum Gasteiger partial charge on any atom is 0.322 e. The number of nitrogens with one attached hydrogen (secondary N) is 1. The molecule has 23 heavy (non-hydrogen) atoms. The molecule has 1 aliphatic rings. The summed E-state index contributed by atoms with van der Waals surface area (Å²) in [5.74, 6) is 0.591. The topological polar surface area (TPSA) is 62.6 Å². The molecule has 2 amide bonds. The fourth-order valence-electron chi connectivity index (χ4n) is 2.96. The highest BCUT2D eigenvalue weighted by atomic mass is 16.5. The molecule has 2 rings (SSSR count). The summed E-state index contributed by atoms with van der Waals surface area (Å²) in [5.41, 5.74) is 1.03. The van der Waals surface area contributed by atoms with Crippen LogP contribution in [-0.4, -0.2) is 72.1 Å². The van der Waals surface area contributed by atoms with Gasteiger partial charge in [-0.05, 0) is 12.3 Å². The molecule has 1 N–H and O–H groups in total. The number of ether oxygens (including phenoxy) is 1. The molecule has 0 saturated carbocycles. The minimum Gasteiger partial charge on any atom is -0.379 e. The lowest BCUT2D eigenvalue weighted by Gasteiger charge is -2.37. The lowest BCUT2D eigenvalue weighted by molar-refractivity contribution is 0.0182. The first-order valence-corrected chi connectivity index (χ1v) is 8.10. The number of aryl methyl sites for hydroxylation is 2. The number of carbonyl (C=O) groups is 1.